The van der Waals surface area contributed by atoms with Gasteiger partial charge in [-0.05, 0) is 30.9 Å². The first-order valence-corrected chi connectivity index (χ1v) is 9.13. The Morgan fingerprint density at radius 2 is 2.19 bits per heavy atom. The third-order valence-electron chi connectivity index (χ3n) is 4.69. The number of ether oxygens (including phenoxy) is 1. The van der Waals surface area contributed by atoms with Gasteiger partial charge in [-0.15, -0.1) is 24.0 Å². The zero-order valence-corrected chi connectivity index (χ0v) is 18.6. The molecule has 148 valence electrons. The molecule has 1 aromatic heterocycles. The summed E-state index contributed by atoms with van der Waals surface area (Å²) in [5.41, 5.74) is 2.70. The first-order chi connectivity index (χ1) is 12.7. The van der Waals surface area contributed by atoms with Gasteiger partial charge in [-0.3, -0.25) is 4.99 Å². The lowest BCUT2D eigenvalue weighted by Gasteiger charge is -2.25. The summed E-state index contributed by atoms with van der Waals surface area (Å²) >= 11 is 0. The topological polar surface area (TPSA) is 76.4 Å². The minimum Gasteiger partial charge on any atom is -0.377 e. The SMILES string of the molecule is CN=C(NCCc1ccccc1C)NC1CCc2nc(COC)nn2C1.I. The van der Waals surface area contributed by atoms with E-state index in [1.807, 2.05) is 11.7 Å². The van der Waals surface area contributed by atoms with E-state index in [0.29, 0.717) is 12.6 Å². The molecule has 1 unspecified atom stereocenters. The quantitative estimate of drug-likeness (QED) is 0.373. The van der Waals surface area contributed by atoms with Crippen molar-refractivity contribution in [1.29, 1.82) is 0 Å². The highest BCUT2D eigenvalue weighted by Gasteiger charge is 2.22. The largest absolute Gasteiger partial charge is 0.377 e. The predicted molar refractivity (Wildman–Crippen MR) is 118 cm³/mol. The van der Waals surface area contributed by atoms with E-state index in [9.17, 15) is 0 Å². The minimum atomic E-state index is 0. The van der Waals surface area contributed by atoms with E-state index in [1.165, 1.54) is 11.1 Å². The minimum absolute atomic E-state index is 0. The van der Waals surface area contributed by atoms with Gasteiger partial charge < -0.3 is 15.4 Å². The average Bonchev–Trinajstić information content (AvgIpc) is 3.04. The van der Waals surface area contributed by atoms with Crippen molar-refractivity contribution in [2.24, 2.45) is 4.99 Å². The number of guanidine groups is 1. The van der Waals surface area contributed by atoms with Crippen LogP contribution in [-0.4, -0.2) is 47.5 Å². The molecule has 0 amide bonds. The van der Waals surface area contributed by atoms with E-state index in [-0.39, 0.29) is 24.0 Å². The van der Waals surface area contributed by atoms with Crippen molar-refractivity contribution in [2.45, 2.75) is 45.4 Å². The number of nitrogens with zero attached hydrogens (tertiary/aromatic N) is 4. The van der Waals surface area contributed by atoms with E-state index in [0.717, 1.165) is 50.0 Å². The Morgan fingerprint density at radius 1 is 1.37 bits per heavy atom. The summed E-state index contributed by atoms with van der Waals surface area (Å²) in [6.07, 6.45) is 2.91. The van der Waals surface area contributed by atoms with E-state index >= 15 is 0 Å². The monoisotopic (exact) mass is 484 g/mol. The number of hydrogen-bond acceptors (Lipinski definition) is 4. The van der Waals surface area contributed by atoms with Crippen molar-refractivity contribution in [3.05, 3.63) is 47.0 Å². The van der Waals surface area contributed by atoms with Crippen molar-refractivity contribution < 1.29 is 4.74 Å². The lowest BCUT2D eigenvalue weighted by atomic mass is 10.1. The number of aliphatic imine (C=N–C) groups is 1. The van der Waals surface area contributed by atoms with Crippen LogP contribution in [0.15, 0.2) is 29.3 Å². The Morgan fingerprint density at radius 3 is 2.93 bits per heavy atom. The molecule has 0 spiro atoms. The fourth-order valence-corrected chi connectivity index (χ4v) is 3.26. The van der Waals surface area contributed by atoms with Gasteiger partial charge in [0.25, 0.3) is 0 Å². The molecule has 2 N–H and O–H groups in total. The molecule has 1 aliphatic rings. The maximum atomic E-state index is 5.12. The number of methoxy groups -OCH3 is 1. The van der Waals surface area contributed by atoms with Gasteiger partial charge >= 0.3 is 0 Å². The molecule has 0 saturated heterocycles. The van der Waals surface area contributed by atoms with Crippen LogP contribution in [0.3, 0.4) is 0 Å². The molecule has 0 aliphatic carbocycles. The lowest BCUT2D eigenvalue weighted by molar-refractivity contribution is 0.177. The number of hydrogen-bond donors (Lipinski definition) is 2. The molecular formula is C19H29IN6O. The molecule has 1 aliphatic heterocycles. The Hall–Kier alpha value is -1.68. The zero-order valence-electron chi connectivity index (χ0n) is 16.2. The van der Waals surface area contributed by atoms with Crippen molar-refractivity contribution in [1.82, 2.24) is 25.4 Å². The van der Waals surface area contributed by atoms with Crippen LogP contribution in [-0.2, 0) is 30.7 Å². The first kappa shape index (κ1) is 21.6. The summed E-state index contributed by atoms with van der Waals surface area (Å²) in [7, 11) is 3.47. The van der Waals surface area contributed by atoms with Crippen LogP contribution in [0.4, 0.5) is 0 Å². The zero-order chi connectivity index (χ0) is 18.4. The Labute approximate surface area is 178 Å². The molecular weight excluding hydrogens is 455 g/mol. The summed E-state index contributed by atoms with van der Waals surface area (Å²) in [5.74, 6) is 2.63. The normalized spacial score (nSPS) is 16.4. The fourth-order valence-electron chi connectivity index (χ4n) is 3.26. The highest BCUT2D eigenvalue weighted by Crippen LogP contribution is 2.13. The van der Waals surface area contributed by atoms with Crippen LogP contribution >= 0.6 is 24.0 Å². The Kier molecular flexibility index (Phi) is 8.49. The Bertz CT molecular complexity index is 760. The van der Waals surface area contributed by atoms with Gasteiger partial charge in [0.05, 0.1) is 6.54 Å². The molecule has 7 nitrogen and oxygen atoms in total. The Balaban J connectivity index is 0.00000261. The number of nitrogens with one attached hydrogen (secondary N) is 2. The fraction of sp³-hybridized carbons (Fsp3) is 0.526. The molecule has 2 aromatic rings. The van der Waals surface area contributed by atoms with E-state index < -0.39 is 0 Å². The average molecular weight is 484 g/mol. The second kappa shape index (κ2) is 10.6. The van der Waals surface area contributed by atoms with Crippen molar-refractivity contribution >= 4 is 29.9 Å². The van der Waals surface area contributed by atoms with Gasteiger partial charge in [-0.25, -0.2) is 9.67 Å². The summed E-state index contributed by atoms with van der Waals surface area (Å²) < 4.78 is 7.10. The van der Waals surface area contributed by atoms with Gasteiger partial charge in [0, 0.05) is 33.2 Å². The van der Waals surface area contributed by atoms with Crippen LogP contribution in [0, 0.1) is 6.92 Å². The summed E-state index contributed by atoms with van der Waals surface area (Å²) in [5, 5.41) is 11.4. The van der Waals surface area contributed by atoms with Gasteiger partial charge in [-0.2, -0.15) is 5.10 Å². The summed E-state index contributed by atoms with van der Waals surface area (Å²) in [6.45, 7) is 4.26. The number of rotatable bonds is 6. The lowest BCUT2D eigenvalue weighted by Crippen LogP contribution is -2.47. The second-order valence-electron chi connectivity index (χ2n) is 6.61. The maximum absolute atomic E-state index is 5.12. The molecule has 0 fully saturated rings. The molecule has 0 bridgehead atoms. The molecule has 27 heavy (non-hydrogen) atoms. The number of halogens is 1. The van der Waals surface area contributed by atoms with Crippen LogP contribution in [0.25, 0.3) is 0 Å². The maximum Gasteiger partial charge on any atom is 0.191 e. The molecule has 0 saturated carbocycles. The molecule has 1 atom stereocenters. The number of aryl methyl sites for hydroxylation is 2. The van der Waals surface area contributed by atoms with Gasteiger partial charge in [0.1, 0.15) is 12.4 Å². The van der Waals surface area contributed by atoms with Crippen molar-refractivity contribution in [3.8, 4) is 0 Å². The van der Waals surface area contributed by atoms with Crippen molar-refractivity contribution in [2.75, 3.05) is 20.7 Å². The molecule has 0 radical (unpaired) electrons. The van der Waals surface area contributed by atoms with Crippen LogP contribution in [0.1, 0.15) is 29.2 Å². The standard InChI is InChI=1S/C19H28N6O.HI/c1-14-6-4-5-7-15(14)10-11-21-19(20-2)22-16-8-9-18-23-17(13-26-3)24-25(18)12-16;/h4-7,16H,8-13H2,1-3H3,(H2,20,21,22);1H. The predicted octanol–water partition coefficient (Wildman–Crippen LogP) is 2.07. The highest BCUT2D eigenvalue weighted by atomic mass is 127. The van der Waals surface area contributed by atoms with Gasteiger partial charge in [0.15, 0.2) is 11.8 Å². The molecule has 3 rings (SSSR count). The number of fused-ring (bicyclic) bond motifs is 1. The van der Waals surface area contributed by atoms with Crippen LogP contribution < -0.4 is 10.6 Å². The second-order valence-corrected chi connectivity index (χ2v) is 6.61. The number of benzene rings is 1. The third kappa shape index (κ3) is 5.90. The summed E-state index contributed by atoms with van der Waals surface area (Å²) in [4.78, 5) is 8.87. The van der Waals surface area contributed by atoms with Gasteiger partial charge in [0.2, 0.25) is 0 Å². The number of aromatic nitrogens is 3. The highest BCUT2D eigenvalue weighted by molar-refractivity contribution is 14.0. The molecule has 8 heteroatoms. The van der Waals surface area contributed by atoms with Gasteiger partial charge in [-0.1, -0.05) is 24.3 Å². The third-order valence-corrected chi connectivity index (χ3v) is 4.69. The van der Waals surface area contributed by atoms with Crippen LogP contribution in [0.5, 0.6) is 0 Å². The molecule has 1 aromatic carbocycles. The van der Waals surface area contributed by atoms with Crippen molar-refractivity contribution in [3.63, 3.8) is 0 Å². The van der Waals surface area contributed by atoms with E-state index in [1.54, 1.807) is 7.11 Å². The molecule has 2 heterocycles. The van der Waals surface area contributed by atoms with E-state index in [4.69, 9.17) is 4.74 Å². The van der Waals surface area contributed by atoms with Crippen LogP contribution in [0.2, 0.25) is 0 Å². The smallest absolute Gasteiger partial charge is 0.191 e. The first-order valence-electron chi connectivity index (χ1n) is 9.13. The van der Waals surface area contributed by atoms with E-state index in [2.05, 4.69) is 56.9 Å². The summed E-state index contributed by atoms with van der Waals surface area (Å²) in [6, 6.07) is 8.79.